The van der Waals surface area contributed by atoms with Crippen molar-refractivity contribution in [3.8, 4) is 0 Å². The average Bonchev–Trinajstić information content (AvgIpc) is 2.19. The first-order chi connectivity index (χ1) is 6.70. The number of nitrogens with one attached hydrogen (secondary N) is 1. The van der Waals surface area contributed by atoms with Crippen LogP contribution in [0, 0.1) is 11.8 Å². The van der Waals surface area contributed by atoms with Crippen molar-refractivity contribution in [3.05, 3.63) is 12.2 Å². The van der Waals surface area contributed by atoms with Crippen LogP contribution in [-0.2, 0) is 4.79 Å². The van der Waals surface area contributed by atoms with E-state index in [9.17, 15) is 4.79 Å². The van der Waals surface area contributed by atoms with Gasteiger partial charge in [0.25, 0.3) is 0 Å². The minimum Gasteiger partial charge on any atom is -0.369 e. The summed E-state index contributed by atoms with van der Waals surface area (Å²) in [5, 5.41) is 3.30. The van der Waals surface area contributed by atoms with Crippen molar-refractivity contribution in [3.63, 3.8) is 0 Å². The maximum atomic E-state index is 10.8. The number of carbonyl (C=O) groups excluding carboxylic acids is 1. The number of nitrogens with two attached hydrogens (primary N) is 1. The standard InChI is InChI=1S/C11H20N2O/c1-9(11(12)14)7-13-8-10-5-3-2-4-6-10/h2-3,9-10,13H,4-8H2,1H3,(H2,12,14). The first-order valence-electron chi connectivity index (χ1n) is 5.35. The highest BCUT2D eigenvalue weighted by molar-refractivity contribution is 5.76. The van der Waals surface area contributed by atoms with Gasteiger partial charge in [0.1, 0.15) is 0 Å². The van der Waals surface area contributed by atoms with Gasteiger partial charge in [0, 0.05) is 12.5 Å². The molecule has 14 heavy (non-hydrogen) atoms. The lowest BCUT2D eigenvalue weighted by Gasteiger charge is -2.19. The van der Waals surface area contributed by atoms with E-state index in [0.717, 1.165) is 18.9 Å². The second-order valence-corrected chi connectivity index (χ2v) is 4.11. The summed E-state index contributed by atoms with van der Waals surface area (Å²) >= 11 is 0. The van der Waals surface area contributed by atoms with Crippen molar-refractivity contribution in [1.29, 1.82) is 0 Å². The predicted octanol–water partition coefficient (Wildman–Crippen LogP) is 1.05. The molecule has 1 amide bonds. The fourth-order valence-electron chi connectivity index (χ4n) is 1.65. The molecule has 0 heterocycles. The monoisotopic (exact) mass is 196 g/mol. The molecule has 2 unspecified atom stereocenters. The number of carbonyl (C=O) groups is 1. The summed E-state index contributed by atoms with van der Waals surface area (Å²) in [6.45, 7) is 3.56. The number of amides is 1. The molecule has 0 aromatic rings. The molecule has 0 fully saturated rings. The summed E-state index contributed by atoms with van der Waals surface area (Å²) in [6.07, 6.45) is 8.10. The van der Waals surface area contributed by atoms with Gasteiger partial charge in [-0.1, -0.05) is 19.1 Å². The lowest BCUT2D eigenvalue weighted by Crippen LogP contribution is -2.33. The number of hydrogen-bond donors (Lipinski definition) is 2. The Hall–Kier alpha value is -0.830. The molecule has 1 rings (SSSR count). The molecule has 0 saturated heterocycles. The van der Waals surface area contributed by atoms with Crippen molar-refractivity contribution < 1.29 is 4.79 Å². The number of allylic oxidation sites excluding steroid dienone is 2. The lowest BCUT2D eigenvalue weighted by atomic mass is 9.94. The lowest BCUT2D eigenvalue weighted by molar-refractivity contribution is -0.121. The Morgan fingerprint density at radius 2 is 2.43 bits per heavy atom. The van der Waals surface area contributed by atoms with Crippen molar-refractivity contribution in [2.45, 2.75) is 26.2 Å². The zero-order valence-electron chi connectivity index (χ0n) is 8.83. The third kappa shape index (κ3) is 3.92. The Balaban J connectivity index is 2.08. The Morgan fingerprint density at radius 3 is 3.00 bits per heavy atom. The van der Waals surface area contributed by atoms with Crippen LogP contribution in [0.2, 0.25) is 0 Å². The predicted molar refractivity (Wildman–Crippen MR) is 57.7 cm³/mol. The van der Waals surface area contributed by atoms with Crippen LogP contribution in [0.15, 0.2) is 12.2 Å². The fourth-order valence-corrected chi connectivity index (χ4v) is 1.65. The molecule has 1 aliphatic carbocycles. The van der Waals surface area contributed by atoms with Crippen molar-refractivity contribution in [2.75, 3.05) is 13.1 Å². The van der Waals surface area contributed by atoms with Gasteiger partial charge in [-0.2, -0.15) is 0 Å². The molecule has 0 spiro atoms. The van der Waals surface area contributed by atoms with Gasteiger partial charge in [0.2, 0.25) is 5.91 Å². The molecule has 3 N–H and O–H groups in total. The van der Waals surface area contributed by atoms with Crippen LogP contribution < -0.4 is 11.1 Å². The molecular weight excluding hydrogens is 176 g/mol. The molecule has 3 heteroatoms. The van der Waals surface area contributed by atoms with Gasteiger partial charge in [0.05, 0.1) is 0 Å². The molecule has 0 aromatic carbocycles. The van der Waals surface area contributed by atoms with Crippen molar-refractivity contribution in [2.24, 2.45) is 17.6 Å². The maximum absolute atomic E-state index is 10.8. The number of rotatable bonds is 5. The SMILES string of the molecule is CC(CNCC1CC=CCC1)C(N)=O. The highest BCUT2D eigenvalue weighted by Crippen LogP contribution is 2.16. The highest BCUT2D eigenvalue weighted by atomic mass is 16.1. The van der Waals surface area contributed by atoms with E-state index in [4.69, 9.17) is 5.73 Å². The van der Waals surface area contributed by atoms with Gasteiger partial charge in [-0.05, 0) is 31.7 Å². The normalized spacial score (nSPS) is 23.4. The summed E-state index contributed by atoms with van der Waals surface area (Å²) < 4.78 is 0. The zero-order valence-corrected chi connectivity index (χ0v) is 8.83. The minimum atomic E-state index is -0.221. The van der Waals surface area contributed by atoms with E-state index >= 15 is 0 Å². The van der Waals surface area contributed by atoms with Crippen LogP contribution in [0.25, 0.3) is 0 Å². The molecule has 0 radical (unpaired) electrons. The summed E-state index contributed by atoms with van der Waals surface area (Å²) in [5.41, 5.74) is 5.17. The fraction of sp³-hybridized carbons (Fsp3) is 0.727. The van der Waals surface area contributed by atoms with E-state index in [1.165, 1.54) is 12.8 Å². The second kappa shape index (κ2) is 5.81. The molecular formula is C11H20N2O. The molecule has 2 atom stereocenters. The number of primary amides is 1. The van der Waals surface area contributed by atoms with E-state index in [1.807, 2.05) is 6.92 Å². The van der Waals surface area contributed by atoms with Crippen LogP contribution in [0.4, 0.5) is 0 Å². The molecule has 0 aliphatic heterocycles. The van der Waals surface area contributed by atoms with E-state index in [1.54, 1.807) is 0 Å². The van der Waals surface area contributed by atoms with E-state index in [0.29, 0.717) is 6.54 Å². The molecule has 0 bridgehead atoms. The van der Waals surface area contributed by atoms with Gasteiger partial charge in [-0.3, -0.25) is 4.79 Å². The van der Waals surface area contributed by atoms with E-state index in [-0.39, 0.29) is 11.8 Å². The summed E-state index contributed by atoms with van der Waals surface area (Å²) in [6, 6.07) is 0. The maximum Gasteiger partial charge on any atom is 0.221 e. The molecule has 0 saturated carbocycles. The van der Waals surface area contributed by atoms with E-state index < -0.39 is 0 Å². The highest BCUT2D eigenvalue weighted by Gasteiger charge is 2.11. The first kappa shape index (κ1) is 11.2. The summed E-state index contributed by atoms with van der Waals surface area (Å²) in [4.78, 5) is 10.8. The topological polar surface area (TPSA) is 55.1 Å². The second-order valence-electron chi connectivity index (χ2n) is 4.11. The Labute approximate surface area is 85.7 Å². The summed E-state index contributed by atoms with van der Waals surface area (Å²) in [5.74, 6) is 0.454. The third-order valence-corrected chi connectivity index (χ3v) is 2.75. The Bertz CT molecular complexity index is 213. The molecule has 3 nitrogen and oxygen atoms in total. The van der Waals surface area contributed by atoms with E-state index in [2.05, 4.69) is 17.5 Å². The van der Waals surface area contributed by atoms with Crippen molar-refractivity contribution in [1.82, 2.24) is 5.32 Å². The van der Waals surface area contributed by atoms with Gasteiger partial charge < -0.3 is 11.1 Å². The average molecular weight is 196 g/mol. The first-order valence-corrected chi connectivity index (χ1v) is 5.35. The van der Waals surface area contributed by atoms with Crippen LogP contribution in [0.5, 0.6) is 0 Å². The molecule has 1 aliphatic rings. The third-order valence-electron chi connectivity index (χ3n) is 2.75. The smallest absolute Gasteiger partial charge is 0.221 e. The van der Waals surface area contributed by atoms with Gasteiger partial charge in [-0.15, -0.1) is 0 Å². The Kier molecular flexibility index (Phi) is 4.66. The summed E-state index contributed by atoms with van der Waals surface area (Å²) in [7, 11) is 0. The quantitative estimate of drug-likeness (QED) is 0.646. The zero-order chi connectivity index (χ0) is 10.4. The van der Waals surface area contributed by atoms with Crippen molar-refractivity contribution >= 4 is 5.91 Å². The minimum absolute atomic E-state index is 0.0610. The molecule has 0 aromatic heterocycles. The largest absolute Gasteiger partial charge is 0.369 e. The van der Waals surface area contributed by atoms with Crippen LogP contribution in [0.3, 0.4) is 0 Å². The van der Waals surface area contributed by atoms with Gasteiger partial charge >= 0.3 is 0 Å². The Morgan fingerprint density at radius 1 is 1.64 bits per heavy atom. The van der Waals surface area contributed by atoms with Gasteiger partial charge in [0.15, 0.2) is 0 Å². The number of hydrogen-bond acceptors (Lipinski definition) is 2. The van der Waals surface area contributed by atoms with Crippen LogP contribution in [0.1, 0.15) is 26.2 Å². The van der Waals surface area contributed by atoms with Crippen LogP contribution >= 0.6 is 0 Å². The van der Waals surface area contributed by atoms with Gasteiger partial charge in [-0.25, -0.2) is 0 Å². The van der Waals surface area contributed by atoms with Crippen LogP contribution in [-0.4, -0.2) is 19.0 Å². The molecule has 80 valence electrons.